The number of nitrogens with zero attached hydrogens (tertiary/aromatic N) is 1. The minimum absolute atomic E-state index is 0.226. The first-order valence-corrected chi connectivity index (χ1v) is 3.48. The van der Waals surface area contributed by atoms with Gasteiger partial charge in [-0.3, -0.25) is 4.99 Å². The van der Waals surface area contributed by atoms with Gasteiger partial charge in [-0.25, -0.2) is 4.39 Å². The van der Waals surface area contributed by atoms with Crippen LogP contribution in [0.2, 0.25) is 0 Å². The van der Waals surface area contributed by atoms with Crippen molar-refractivity contribution in [3.05, 3.63) is 12.2 Å². The fourth-order valence-corrected chi connectivity index (χ4v) is 0.836. The van der Waals surface area contributed by atoms with Crippen LogP contribution in [0.4, 0.5) is 4.39 Å². The Bertz CT molecular complexity index is 172. The molecule has 1 rings (SSSR count). The predicted molar refractivity (Wildman–Crippen MR) is 39.9 cm³/mol. The predicted octanol–water partition coefficient (Wildman–Crippen LogP) is 2.08. The third-order valence-electron chi connectivity index (χ3n) is 1.11. The molecule has 0 N–H and O–H groups in total. The van der Waals surface area contributed by atoms with Gasteiger partial charge in [-0.05, 0) is 35.0 Å². The molecule has 1 unspecified atom stereocenters. The molecule has 0 radical (unpaired) electrons. The largest absolute Gasteiger partial charge is 0.274 e. The molecule has 0 amide bonds. The molecule has 1 heterocycles. The molecule has 0 aromatic heterocycles. The summed E-state index contributed by atoms with van der Waals surface area (Å²) in [6.45, 7) is 1.73. The van der Waals surface area contributed by atoms with E-state index in [1.165, 1.54) is 13.0 Å². The lowest BCUT2D eigenvalue weighted by Crippen LogP contribution is -2.21. The Kier molecular flexibility index (Phi) is 1.70. The van der Waals surface area contributed by atoms with Crippen LogP contribution in [-0.2, 0) is 0 Å². The second kappa shape index (κ2) is 2.21. The Morgan fingerprint density at radius 3 is 2.89 bits per heavy atom. The molecule has 9 heavy (non-hydrogen) atoms. The Morgan fingerprint density at radius 1 is 1.89 bits per heavy atom. The number of alkyl halides is 1. The Labute approximate surface area is 61.8 Å². The van der Waals surface area contributed by atoms with Gasteiger partial charge < -0.3 is 0 Å². The molecule has 0 aromatic carbocycles. The summed E-state index contributed by atoms with van der Waals surface area (Å²) in [4.78, 5) is 3.85. The van der Waals surface area contributed by atoms with Crippen LogP contribution in [0.15, 0.2) is 17.1 Å². The van der Waals surface area contributed by atoms with Gasteiger partial charge in [0.15, 0.2) is 0 Å². The Hall–Kier alpha value is -0.180. The van der Waals surface area contributed by atoms with E-state index >= 15 is 0 Å². The second-order valence-electron chi connectivity index (χ2n) is 2.25. The first-order valence-electron chi connectivity index (χ1n) is 2.68. The van der Waals surface area contributed by atoms with Crippen LogP contribution in [0.1, 0.15) is 6.92 Å². The van der Waals surface area contributed by atoms with Gasteiger partial charge in [-0.1, -0.05) is 0 Å². The van der Waals surface area contributed by atoms with Crippen LogP contribution in [0.25, 0.3) is 0 Å². The van der Waals surface area contributed by atoms with Crippen LogP contribution in [0.3, 0.4) is 0 Å². The maximum atomic E-state index is 12.8. The van der Waals surface area contributed by atoms with Gasteiger partial charge in [0.25, 0.3) is 0 Å². The van der Waals surface area contributed by atoms with Crippen molar-refractivity contribution in [2.45, 2.75) is 12.6 Å². The van der Waals surface area contributed by atoms with Crippen molar-refractivity contribution in [1.29, 1.82) is 0 Å². The van der Waals surface area contributed by atoms with Gasteiger partial charge in [-0.15, -0.1) is 0 Å². The zero-order chi connectivity index (χ0) is 6.91. The number of rotatable bonds is 0. The van der Waals surface area contributed by atoms with Crippen molar-refractivity contribution in [2.75, 3.05) is 6.54 Å². The highest BCUT2D eigenvalue weighted by Gasteiger charge is 2.20. The molecule has 0 fully saturated rings. The normalized spacial score (nSPS) is 34.3. The van der Waals surface area contributed by atoms with E-state index in [4.69, 9.17) is 0 Å². The van der Waals surface area contributed by atoms with Gasteiger partial charge in [0.1, 0.15) is 5.67 Å². The first kappa shape index (κ1) is 6.93. The van der Waals surface area contributed by atoms with Gasteiger partial charge >= 0.3 is 0 Å². The molecule has 0 aromatic rings. The fourth-order valence-electron chi connectivity index (χ4n) is 0.578. The number of dihydropyridines is 1. The average Bonchev–Trinajstić information content (AvgIpc) is 1.78. The highest BCUT2D eigenvalue weighted by molar-refractivity contribution is 9.18. The van der Waals surface area contributed by atoms with E-state index in [1.807, 2.05) is 0 Å². The molecule has 3 heteroatoms. The van der Waals surface area contributed by atoms with E-state index in [9.17, 15) is 4.39 Å². The zero-order valence-corrected chi connectivity index (χ0v) is 6.65. The average molecular weight is 192 g/mol. The zero-order valence-electron chi connectivity index (χ0n) is 5.06. The van der Waals surface area contributed by atoms with Gasteiger partial charge in [0.05, 0.1) is 11.2 Å². The quantitative estimate of drug-likeness (QED) is 0.557. The molecule has 0 aliphatic carbocycles. The molecule has 1 aliphatic rings. The molecule has 0 saturated carbocycles. The molecular weight excluding hydrogens is 185 g/mol. The molecule has 1 atom stereocenters. The maximum Gasteiger partial charge on any atom is 0.146 e. The molecule has 1 aliphatic heterocycles. The van der Waals surface area contributed by atoms with Crippen LogP contribution < -0.4 is 0 Å². The molecule has 0 bridgehead atoms. The second-order valence-corrected chi connectivity index (χ2v) is 3.06. The fraction of sp³-hybridized carbons (Fsp3) is 0.500. The molecule has 0 saturated heterocycles. The third-order valence-corrected chi connectivity index (χ3v) is 1.62. The van der Waals surface area contributed by atoms with Gasteiger partial charge in [0.2, 0.25) is 0 Å². The monoisotopic (exact) mass is 191 g/mol. The topological polar surface area (TPSA) is 12.4 Å². The van der Waals surface area contributed by atoms with Crippen molar-refractivity contribution in [1.82, 2.24) is 0 Å². The van der Waals surface area contributed by atoms with Crippen LogP contribution in [0.5, 0.6) is 0 Å². The number of hydrogen-bond donors (Lipinski definition) is 0. The summed E-state index contributed by atoms with van der Waals surface area (Å²) in [7, 11) is 0. The lowest BCUT2D eigenvalue weighted by molar-refractivity contribution is 0.267. The summed E-state index contributed by atoms with van der Waals surface area (Å²) in [6, 6.07) is 0. The van der Waals surface area contributed by atoms with Crippen LogP contribution >= 0.6 is 15.9 Å². The van der Waals surface area contributed by atoms with Crippen LogP contribution in [0, 0.1) is 0 Å². The smallest absolute Gasteiger partial charge is 0.146 e. The van der Waals surface area contributed by atoms with E-state index in [0.29, 0.717) is 0 Å². The number of allylic oxidation sites excluding steroid dienone is 1. The van der Waals surface area contributed by atoms with E-state index in [0.717, 1.165) is 4.62 Å². The number of hydrogen-bond acceptors (Lipinski definition) is 1. The summed E-state index contributed by atoms with van der Waals surface area (Å²) in [6.07, 6.45) is 3.13. The SMILES string of the molecule is CC1(F)C=CC(Br)=NC1. The number of aliphatic imine (C=N–C) groups is 1. The Morgan fingerprint density at radius 2 is 2.56 bits per heavy atom. The standard InChI is InChI=1S/C6H7BrFN/c1-6(8)3-2-5(7)9-4-6/h2-3H,4H2,1H3. The van der Waals surface area contributed by atoms with Gasteiger partial charge in [-0.2, -0.15) is 0 Å². The summed E-state index contributed by atoms with van der Waals surface area (Å²) in [5.74, 6) is 0. The maximum absolute atomic E-state index is 12.8. The van der Waals surface area contributed by atoms with Crippen molar-refractivity contribution in [3.63, 3.8) is 0 Å². The number of halogens is 2. The highest BCUT2D eigenvalue weighted by atomic mass is 79.9. The van der Waals surface area contributed by atoms with E-state index in [-0.39, 0.29) is 6.54 Å². The summed E-state index contributed by atoms with van der Waals surface area (Å²) in [5, 5.41) is 0. The van der Waals surface area contributed by atoms with Crippen molar-refractivity contribution in [3.8, 4) is 0 Å². The summed E-state index contributed by atoms with van der Waals surface area (Å²) < 4.78 is 13.5. The Balaban J connectivity index is 2.70. The molecule has 1 nitrogen and oxygen atoms in total. The molecular formula is C6H7BrFN. The lowest BCUT2D eigenvalue weighted by atomic mass is 10.1. The van der Waals surface area contributed by atoms with E-state index in [2.05, 4.69) is 20.9 Å². The summed E-state index contributed by atoms with van der Waals surface area (Å²) in [5.41, 5.74) is -1.24. The molecule has 0 spiro atoms. The van der Waals surface area contributed by atoms with E-state index < -0.39 is 5.67 Å². The van der Waals surface area contributed by atoms with Gasteiger partial charge in [0, 0.05) is 0 Å². The third kappa shape index (κ3) is 1.90. The van der Waals surface area contributed by atoms with Crippen molar-refractivity contribution in [2.24, 2.45) is 4.99 Å². The van der Waals surface area contributed by atoms with Crippen molar-refractivity contribution >= 4 is 20.6 Å². The highest BCUT2D eigenvalue weighted by Crippen LogP contribution is 2.17. The lowest BCUT2D eigenvalue weighted by Gasteiger charge is -2.15. The minimum atomic E-state index is -1.24. The van der Waals surface area contributed by atoms with Crippen molar-refractivity contribution < 1.29 is 4.39 Å². The summed E-state index contributed by atoms with van der Waals surface area (Å²) >= 11 is 3.14. The first-order chi connectivity index (χ1) is 4.10. The minimum Gasteiger partial charge on any atom is -0.274 e. The van der Waals surface area contributed by atoms with Crippen LogP contribution in [-0.4, -0.2) is 16.8 Å². The van der Waals surface area contributed by atoms with E-state index in [1.54, 1.807) is 6.08 Å². The molecule has 50 valence electrons.